The molecule has 6 heteroatoms. The molecular weight excluding hydrogens is 503 g/mol. The van der Waals surface area contributed by atoms with Crippen molar-refractivity contribution in [1.82, 2.24) is 9.80 Å². The van der Waals surface area contributed by atoms with Gasteiger partial charge in [0.05, 0.1) is 25.3 Å². The van der Waals surface area contributed by atoms with Crippen molar-refractivity contribution in [1.29, 1.82) is 0 Å². The van der Waals surface area contributed by atoms with Gasteiger partial charge in [0.15, 0.2) is 0 Å². The first-order valence-corrected chi connectivity index (χ1v) is 13.8. The SMILES string of the molecule is O=C([C@H]1OC[C@H](N(Cc2ccccc2)Cc2ccccc2)CO1)N1CCc2ccccc2[C@@H]1c1ccc(F)cc1. The van der Waals surface area contributed by atoms with Crippen LogP contribution in [0.1, 0.15) is 33.9 Å². The number of rotatable bonds is 7. The Morgan fingerprint density at radius 3 is 1.98 bits per heavy atom. The summed E-state index contributed by atoms with van der Waals surface area (Å²) in [5.41, 5.74) is 5.55. The molecule has 1 fully saturated rings. The Morgan fingerprint density at radius 1 is 0.775 bits per heavy atom. The van der Waals surface area contributed by atoms with Gasteiger partial charge in [0.2, 0.25) is 6.29 Å². The van der Waals surface area contributed by atoms with Crippen LogP contribution in [0, 0.1) is 5.82 Å². The van der Waals surface area contributed by atoms with E-state index in [0.717, 1.165) is 30.6 Å². The summed E-state index contributed by atoms with van der Waals surface area (Å²) in [6.07, 6.45) is -0.226. The highest BCUT2D eigenvalue weighted by Gasteiger charge is 2.39. The van der Waals surface area contributed by atoms with Crippen molar-refractivity contribution >= 4 is 5.91 Å². The van der Waals surface area contributed by atoms with Crippen molar-refractivity contribution in [2.75, 3.05) is 19.8 Å². The number of nitrogens with zero attached hydrogens (tertiary/aromatic N) is 2. The van der Waals surface area contributed by atoms with E-state index >= 15 is 0 Å². The molecule has 6 rings (SSSR count). The van der Waals surface area contributed by atoms with Gasteiger partial charge in [0.25, 0.3) is 5.91 Å². The average Bonchev–Trinajstić information content (AvgIpc) is 3.01. The summed E-state index contributed by atoms with van der Waals surface area (Å²) in [5, 5.41) is 0. The fourth-order valence-electron chi connectivity index (χ4n) is 5.74. The molecule has 4 aromatic carbocycles. The van der Waals surface area contributed by atoms with Crippen LogP contribution < -0.4 is 0 Å². The molecule has 204 valence electrons. The van der Waals surface area contributed by atoms with Crippen LogP contribution in [-0.2, 0) is 33.8 Å². The highest BCUT2D eigenvalue weighted by Crippen LogP contribution is 2.36. The van der Waals surface area contributed by atoms with E-state index < -0.39 is 6.29 Å². The molecule has 2 heterocycles. The standard InChI is InChI=1S/C34H33FN2O3/c35-29-17-15-28(16-18-29)32-31-14-8-7-13-27(31)19-20-37(32)33(38)34-39-23-30(24-40-34)36(21-25-9-3-1-4-10-25)22-26-11-5-2-6-12-26/h1-18,30,32,34H,19-24H2/t30-,32-,34-/m0/s1. The second-order valence-corrected chi connectivity index (χ2v) is 10.5. The smallest absolute Gasteiger partial charge is 0.280 e. The summed E-state index contributed by atoms with van der Waals surface area (Å²) < 4.78 is 26.0. The summed E-state index contributed by atoms with van der Waals surface area (Å²) in [6, 6.07) is 35.0. The summed E-state index contributed by atoms with van der Waals surface area (Å²) in [5.74, 6) is -0.494. The molecule has 1 saturated heterocycles. The number of halogens is 1. The number of hydrogen-bond donors (Lipinski definition) is 0. The zero-order valence-corrected chi connectivity index (χ0v) is 22.4. The molecule has 2 aliphatic heterocycles. The molecule has 0 radical (unpaired) electrons. The van der Waals surface area contributed by atoms with E-state index in [-0.39, 0.29) is 23.8 Å². The largest absolute Gasteiger partial charge is 0.343 e. The van der Waals surface area contributed by atoms with Crippen molar-refractivity contribution in [3.8, 4) is 0 Å². The van der Waals surface area contributed by atoms with Crippen LogP contribution >= 0.6 is 0 Å². The highest BCUT2D eigenvalue weighted by molar-refractivity contribution is 5.81. The van der Waals surface area contributed by atoms with Crippen molar-refractivity contribution in [2.45, 2.75) is 37.9 Å². The maximum Gasteiger partial charge on any atom is 0.280 e. The molecular formula is C34H33FN2O3. The molecule has 40 heavy (non-hydrogen) atoms. The minimum atomic E-state index is -0.972. The first kappa shape index (κ1) is 26.4. The summed E-state index contributed by atoms with van der Waals surface area (Å²) in [6.45, 7) is 2.82. The third-order valence-corrected chi connectivity index (χ3v) is 7.81. The van der Waals surface area contributed by atoms with E-state index in [1.165, 1.54) is 28.8 Å². The second-order valence-electron chi connectivity index (χ2n) is 10.5. The Morgan fingerprint density at radius 2 is 1.35 bits per heavy atom. The van der Waals surface area contributed by atoms with Crippen LogP contribution in [0.2, 0.25) is 0 Å². The van der Waals surface area contributed by atoms with E-state index in [1.54, 1.807) is 12.1 Å². The van der Waals surface area contributed by atoms with Gasteiger partial charge in [0, 0.05) is 19.6 Å². The third-order valence-electron chi connectivity index (χ3n) is 7.81. The number of carbonyl (C=O) groups is 1. The summed E-state index contributed by atoms with van der Waals surface area (Å²) in [4.78, 5) is 18.0. The van der Waals surface area contributed by atoms with Crippen molar-refractivity contribution in [2.24, 2.45) is 0 Å². The van der Waals surface area contributed by atoms with Gasteiger partial charge in [-0.15, -0.1) is 0 Å². The van der Waals surface area contributed by atoms with E-state index in [4.69, 9.17) is 9.47 Å². The quantitative estimate of drug-likeness (QED) is 0.302. The van der Waals surface area contributed by atoms with Crippen molar-refractivity contribution < 1.29 is 18.7 Å². The first-order chi connectivity index (χ1) is 19.7. The van der Waals surface area contributed by atoms with Crippen molar-refractivity contribution in [3.63, 3.8) is 0 Å². The lowest BCUT2D eigenvalue weighted by atomic mass is 9.88. The molecule has 0 saturated carbocycles. The second kappa shape index (κ2) is 12.1. The number of fused-ring (bicyclic) bond motifs is 1. The Kier molecular flexibility index (Phi) is 8.00. The Balaban J connectivity index is 1.18. The predicted molar refractivity (Wildman–Crippen MR) is 152 cm³/mol. The number of benzene rings is 4. The van der Waals surface area contributed by atoms with Crippen LogP contribution in [0.3, 0.4) is 0 Å². The van der Waals surface area contributed by atoms with Crippen molar-refractivity contribution in [3.05, 3.63) is 143 Å². The minimum Gasteiger partial charge on any atom is -0.343 e. The summed E-state index contributed by atoms with van der Waals surface area (Å²) >= 11 is 0. The maximum atomic E-state index is 13.9. The van der Waals surface area contributed by atoms with Crippen LogP contribution in [0.5, 0.6) is 0 Å². The van der Waals surface area contributed by atoms with Gasteiger partial charge < -0.3 is 14.4 Å². The molecule has 4 aromatic rings. The molecule has 1 amide bonds. The molecule has 0 spiro atoms. The maximum absolute atomic E-state index is 13.9. The van der Waals surface area contributed by atoms with E-state index in [0.29, 0.717) is 19.8 Å². The Bertz CT molecular complexity index is 1360. The van der Waals surface area contributed by atoms with Gasteiger partial charge in [0.1, 0.15) is 5.82 Å². The molecule has 0 aromatic heterocycles. The molecule has 0 bridgehead atoms. The molecule has 1 atom stereocenters. The highest BCUT2D eigenvalue weighted by atomic mass is 19.1. The number of amides is 1. The Labute approximate surface area is 234 Å². The van der Waals surface area contributed by atoms with E-state index in [9.17, 15) is 9.18 Å². The third kappa shape index (κ3) is 5.85. The molecule has 0 unspecified atom stereocenters. The van der Waals surface area contributed by atoms with Gasteiger partial charge >= 0.3 is 0 Å². The predicted octanol–water partition coefficient (Wildman–Crippen LogP) is 5.74. The first-order valence-electron chi connectivity index (χ1n) is 13.8. The van der Waals surface area contributed by atoms with E-state index in [1.807, 2.05) is 59.5 Å². The van der Waals surface area contributed by atoms with Crippen LogP contribution in [0.4, 0.5) is 4.39 Å². The zero-order valence-electron chi connectivity index (χ0n) is 22.4. The minimum absolute atomic E-state index is 0.000519. The van der Waals surface area contributed by atoms with Gasteiger partial charge in [-0.05, 0) is 46.4 Å². The van der Waals surface area contributed by atoms with Crippen LogP contribution in [-0.4, -0.2) is 47.8 Å². The van der Waals surface area contributed by atoms with Gasteiger partial charge in [-0.3, -0.25) is 9.69 Å². The normalized spacial score (nSPS) is 20.8. The molecule has 5 nitrogen and oxygen atoms in total. The fraction of sp³-hybridized carbons (Fsp3) is 0.265. The van der Waals surface area contributed by atoms with Crippen LogP contribution in [0.15, 0.2) is 109 Å². The monoisotopic (exact) mass is 536 g/mol. The number of ether oxygens (including phenoxy) is 2. The number of hydrogen-bond acceptors (Lipinski definition) is 4. The van der Waals surface area contributed by atoms with Gasteiger partial charge in [-0.25, -0.2) is 4.39 Å². The lowest BCUT2D eigenvalue weighted by Gasteiger charge is -2.41. The topological polar surface area (TPSA) is 42.0 Å². The average molecular weight is 537 g/mol. The lowest BCUT2D eigenvalue weighted by molar-refractivity contribution is -0.216. The summed E-state index contributed by atoms with van der Waals surface area (Å²) in [7, 11) is 0. The molecule has 0 aliphatic carbocycles. The zero-order chi connectivity index (χ0) is 27.3. The van der Waals surface area contributed by atoms with Gasteiger partial charge in [-0.1, -0.05) is 97.1 Å². The van der Waals surface area contributed by atoms with Crippen LogP contribution in [0.25, 0.3) is 0 Å². The molecule has 2 aliphatic rings. The molecule has 0 N–H and O–H groups in total. The number of carbonyl (C=O) groups excluding carboxylic acids is 1. The Hall–Kier alpha value is -3.84. The fourth-order valence-corrected chi connectivity index (χ4v) is 5.74. The van der Waals surface area contributed by atoms with E-state index in [2.05, 4.69) is 35.2 Å². The van der Waals surface area contributed by atoms with Gasteiger partial charge in [-0.2, -0.15) is 0 Å². The lowest BCUT2D eigenvalue weighted by Crippen LogP contribution is -2.53.